The summed E-state index contributed by atoms with van der Waals surface area (Å²) in [7, 11) is 0. The number of ether oxygens (including phenoxy) is 1. The van der Waals surface area contributed by atoms with Crippen LogP contribution in [0.3, 0.4) is 0 Å². The minimum atomic E-state index is -0.469. The number of nitrogen functional groups attached to an aromatic ring is 1. The second-order valence-electron chi connectivity index (χ2n) is 5.06. The summed E-state index contributed by atoms with van der Waals surface area (Å²) in [5.74, 6) is -0.0499. The van der Waals surface area contributed by atoms with Gasteiger partial charge in [0, 0.05) is 30.4 Å². The number of carbonyl (C=O) groups is 1. The Morgan fingerprint density at radius 1 is 1.35 bits per heavy atom. The van der Waals surface area contributed by atoms with Crippen LogP contribution in [0, 0.1) is 0 Å². The second kappa shape index (κ2) is 6.91. The number of benzene rings is 1. The van der Waals surface area contributed by atoms with E-state index in [1.807, 2.05) is 12.1 Å². The fourth-order valence-corrected chi connectivity index (χ4v) is 2.45. The van der Waals surface area contributed by atoms with Gasteiger partial charge in [-0.2, -0.15) is 0 Å². The van der Waals surface area contributed by atoms with Crippen molar-refractivity contribution in [3.8, 4) is 11.3 Å². The molecule has 1 fully saturated rings. The summed E-state index contributed by atoms with van der Waals surface area (Å²) in [6.07, 6.45) is -0.469. The first-order valence-electron chi connectivity index (χ1n) is 7.15. The minimum Gasteiger partial charge on any atom is -0.368 e. The van der Waals surface area contributed by atoms with Crippen LogP contribution in [-0.2, 0) is 9.53 Å². The molecule has 1 unspecified atom stereocenters. The molecule has 0 aliphatic carbocycles. The van der Waals surface area contributed by atoms with Crippen LogP contribution < -0.4 is 16.4 Å². The molecule has 1 atom stereocenters. The summed E-state index contributed by atoms with van der Waals surface area (Å²) >= 11 is 5.88. The van der Waals surface area contributed by atoms with E-state index in [1.54, 1.807) is 18.2 Å². The number of carbonyl (C=O) groups excluding carboxylic acids is 1. The number of nitrogens with zero attached hydrogens (tertiary/aromatic N) is 2. The van der Waals surface area contributed by atoms with Crippen LogP contribution in [-0.4, -0.2) is 41.7 Å². The number of anilines is 2. The van der Waals surface area contributed by atoms with Crippen molar-refractivity contribution in [1.29, 1.82) is 0 Å². The molecule has 23 heavy (non-hydrogen) atoms. The highest BCUT2D eigenvalue weighted by Gasteiger charge is 2.21. The van der Waals surface area contributed by atoms with Gasteiger partial charge in [0.2, 0.25) is 5.95 Å². The van der Waals surface area contributed by atoms with E-state index in [-0.39, 0.29) is 17.0 Å². The van der Waals surface area contributed by atoms with Gasteiger partial charge in [0.15, 0.2) is 0 Å². The quantitative estimate of drug-likeness (QED) is 0.732. The van der Waals surface area contributed by atoms with Crippen molar-refractivity contribution < 1.29 is 9.53 Å². The molecule has 7 nitrogen and oxygen atoms in total. The van der Waals surface area contributed by atoms with E-state index in [0.717, 1.165) is 12.1 Å². The fraction of sp³-hybridized carbons (Fsp3) is 0.267. The van der Waals surface area contributed by atoms with Crippen LogP contribution in [0.1, 0.15) is 0 Å². The van der Waals surface area contributed by atoms with E-state index in [4.69, 9.17) is 22.1 Å². The third-order valence-corrected chi connectivity index (χ3v) is 3.57. The maximum atomic E-state index is 12.1. The fourth-order valence-electron chi connectivity index (χ4n) is 2.26. The molecule has 0 bridgehead atoms. The lowest BCUT2D eigenvalue weighted by Gasteiger charge is -2.22. The second-order valence-corrected chi connectivity index (χ2v) is 5.45. The number of nitrogens with one attached hydrogen (secondary N) is 2. The molecule has 0 saturated carbocycles. The van der Waals surface area contributed by atoms with E-state index in [0.29, 0.717) is 24.5 Å². The molecule has 1 saturated heterocycles. The lowest BCUT2D eigenvalue weighted by molar-refractivity contribution is -0.128. The Morgan fingerprint density at radius 3 is 2.78 bits per heavy atom. The zero-order valence-electron chi connectivity index (χ0n) is 12.3. The molecule has 0 radical (unpaired) electrons. The van der Waals surface area contributed by atoms with E-state index < -0.39 is 6.10 Å². The molecule has 1 aromatic heterocycles. The summed E-state index contributed by atoms with van der Waals surface area (Å²) in [5, 5.41) is 6.23. The van der Waals surface area contributed by atoms with Crippen molar-refractivity contribution in [2.75, 3.05) is 30.7 Å². The standard InChI is InChI=1S/C15H16ClN5O2/c16-13-7-11(20-15(17)21-13)9-1-3-10(4-2-9)19-14(22)12-8-18-5-6-23-12/h1-4,7,12,18H,5-6,8H2,(H,19,22)(H2,17,20,21). The van der Waals surface area contributed by atoms with E-state index >= 15 is 0 Å². The van der Waals surface area contributed by atoms with Crippen LogP contribution in [0.2, 0.25) is 5.15 Å². The number of rotatable bonds is 3. The third-order valence-electron chi connectivity index (χ3n) is 3.38. The lowest BCUT2D eigenvalue weighted by atomic mass is 10.1. The molecule has 3 rings (SSSR count). The Morgan fingerprint density at radius 2 is 2.13 bits per heavy atom. The maximum Gasteiger partial charge on any atom is 0.254 e. The predicted octanol–water partition coefficient (Wildman–Crippen LogP) is 1.31. The topological polar surface area (TPSA) is 102 Å². The molecule has 1 aliphatic heterocycles. The van der Waals surface area contributed by atoms with Gasteiger partial charge in [0.05, 0.1) is 12.3 Å². The Labute approximate surface area is 138 Å². The molecular formula is C15H16ClN5O2. The molecular weight excluding hydrogens is 318 g/mol. The normalized spacial score (nSPS) is 17.7. The van der Waals surface area contributed by atoms with Crippen molar-refractivity contribution in [1.82, 2.24) is 15.3 Å². The Kier molecular flexibility index (Phi) is 4.71. The number of hydrogen-bond acceptors (Lipinski definition) is 6. The van der Waals surface area contributed by atoms with Crippen molar-refractivity contribution >= 4 is 29.1 Å². The SMILES string of the molecule is Nc1nc(Cl)cc(-c2ccc(NC(=O)C3CNCCO3)cc2)n1. The van der Waals surface area contributed by atoms with Gasteiger partial charge in [-0.15, -0.1) is 0 Å². The van der Waals surface area contributed by atoms with Crippen LogP contribution in [0.4, 0.5) is 11.6 Å². The summed E-state index contributed by atoms with van der Waals surface area (Å²) in [4.78, 5) is 20.0. The molecule has 1 aromatic carbocycles. The molecule has 2 aromatic rings. The number of aromatic nitrogens is 2. The number of hydrogen-bond donors (Lipinski definition) is 3. The Hall–Kier alpha value is -2.22. The van der Waals surface area contributed by atoms with Crippen molar-refractivity contribution in [2.45, 2.75) is 6.10 Å². The maximum absolute atomic E-state index is 12.1. The van der Waals surface area contributed by atoms with E-state index in [9.17, 15) is 4.79 Å². The summed E-state index contributed by atoms with van der Waals surface area (Å²) in [6.45, 7) is 1.82. The molecule has 1 aliphatic rings. The number of nitrogens with two attached hydrogens (primary N) is 1. The Balaban J connectivity index is 1.70. The number of halogens is 1. The van der Waals surface area contributed by atoms with Gasteiger partial charge in [-0.25, -0.2) is 9.97 Å². The zero-order valence-corrected chi connectivity index (χ0v) is 13.0. The summed E-state index contributed by atoms with van der Waals surface area (Å²) in [6, 6.07) is 8.86. The average Bonchev–Trinajstić information content (AvgIpc) is 2.55. The first-order valence-corrected chi connectivity index (χ1v) is 7.53. The molecule has 0 spiro atoms. The summed E-state index contributed by atoms with van der Waals surface area (Å²) < 4.78 is 5.41. The van der Waals surface area contributed by atoms with Gasteiger partial charge in [0.1, 0.15) is 11.3 Å². The zero-order chi connectivity index (χ0) is 16.2. The highest BCUT2D eigenvalue weighted by atomic mass is 35.5. The largest absolute Gasteiger partial charge is 0.368 e. The highest BCUT2D eigenvalue weighted by molar-refractivity contribution is 6.29. The van der Waals surface area contributed by atoms with Gasteiger partial charge in [-0.3, -0.25) is 4.79 Å². The monoisotopic (exact) mass is 333 g/mol. The third kappa shape index (κ3) is 3.95. The van der Waals surface area contributed by atoms with Gasteiger partial charge in [-0.1, -0.05) is 23.7 Å². The molecule has 120 valence electrons. The molecule has 2 heterocycles. The smallest absolute Gasteiger partial charge is 0.254 e. The molecule has 1 amide bonds. The van der Waals surface area contributed by atoms with Crippen molar-refractivity contribution in [3.05, 3.63) is 35.5 Å². The van der Waals surface area contributed by atoms with Crippen LogP contribution in [0.5, 0.6) is 0 Å². The van der Waals surface area contributed by atoms with Gasteiger partial charge in [0.25, 0.3) is 5.91 Å². The average molecular weight is 334 g/mol. The van der Waals surface area contributed by atoms with Gasteiger partial charge >= 0.3 is 0 Å². The summed E-state index contributed by atoms with van der Waals surface area (Å²) in [5.41, 5.74) is 7.73. The van der Waals surface area contributed by atoms with Crippen LogP contribution in [0.25, 0.3) is 11.3 Å². The minimum absolute atomic E-state index is 0.117. The van der Waals surface area contributed by atoms with Crippen LogP contribution >= 0.6 is 11.6 Å². The number of amides is 1. The highest BCUT2D eigenvalue weighted by Crippen LogP contribution is 2.22. The first-order chi connectivity index (χ1) is 11.1. The van der Waals surface area contributed by atoms with Gasteiger partial charge < -0.3 is 21.1 Å². The van der Waals surface area contributed by atoms with Crippen molar-refractivity contribution in [2.24, 2.45) is 0 Å². The molecule has 8 heteroatoms. The van der Waals surface area contributed by atoms with Gasteiger partial charge in [-0.05, 0) is 12.1 Å². The van der Waals surface area contributed by atoms with Crippen LogP contribution in [0.15, 0.2) is 30.3 Å². The molecule has 4 N–H and O–H groups in total. The predicted molar refractivity (Wildman–Crippen MR) is 88.1 cm³/mol. The van der Waals surface area contributed by atoms with Crippen molar-refractivity contribution in [3.63, 3.8) is 0 Å². The first kappa shape index (κ1) is 15.7. The number of morpholine rings is 1. The van der Waals surface area contributed by atoms with E-state index in [2.05, 4.69) is 20.6 Å². The lowest BCUT2D eigenvalue weighted by Crippen LogP contribution is -2.45. The van der Waals surface area contributed by atoms with E-state index in [1.165, 1.54) is 0 Å². The Bertz CT molecular complexity index is 681.